The van der Waals surface area contributed by atoms with E-state index in [0.717, 1.165) is 23.0 Å². The number of ether oxygens (including phenoxy) is 3. The highest BCUT2D eigenvalue weighted by Gasteiger charge is 2.76. The molecule has 2 saturated carbocycles. The Kier molecular flexibility index (Phi) is 11.2. The van der Waals surface area contributed by atoms with Crippen LogP contribution in [-0.2, 0) is 38.9 Å². The van der Waals surface area contributed by atoms with Gasteiger partial charge in [0.1, 0.15) is 22.7 Å². The van der Waals surface area contributed by atoms with E-state index in [1.165, 1.54) is 0 Å². The molecule has 2 fully saturated rings. The molecule has 6 atom stereocenters. The molecule has 3 amide bonds. The molecule has 3 aromatic carbocycles. The van der Waals surface area contributed by atoms with Crippen LogP contribution >= 0.6 is 0 Å². The molecule has 0 saturated heterocycles. The number of amides is 3. The standard InChI is InChI=1S/C40H45N3O9.H2/c1-6-50-35(47)32-31-29(44)24-39(33(31)32,36(48)51-7-2)43-34(46)28(41-37(49)52-38(3,4)5)23-30(45)42-40(25-17-11-8-12-18-25,26-19-13-9-14-20-26)27-21-15-10-16-22-27;/h6,8-22,28-29,31-33,44H,1,7,23-24H2,2-5H3,(H,41,49)(H,42,45)(H,43,46);1H/t28?,29-,31-,32-,33-,39+;/m0./s1. The third-order valence-corrected chi connectivity index (χ3v) is 9.42. The minimum atomic E-state index is -1.85. The molecule has 12 heteroatoms. The number of hydrogen-bond acceptors (Lipinski definition) is 9. The third kappa shape index (κ3) is 7.71. The SMILES string of the molecule is C=COC(=O)[C@H]1[C@H]2[C@@H]1[C@@](NC(=O)C(CC(=O)NC(c1ccccc1)(c1ccccc1)c1ccccc1)NC(=O)OC(C)(C)C)(C(=O)OCC)C[C@@H]2O.[HH]. The van der Waals surface area contributed by atoms with Crippen molar-refractivity contribution in [1.29, 1.82) is 0 Å². The average Bonchev–Trinajstić information content (AvgIpc) is 3.81. The Morgan fingerprint density at radius 1 is 0.923 bits per heavy atom. The van der Waals surface area contributed by atoms with E-state index in [-0.39, 0.29) is 14.5 Å². The van der Waals surface area contributed by atoms with Gasteiger partial charge in [-0.3, -0.25) is 14.4 Å². The normalized spacial score (nSPS) is 22.5. The lowest BCUT2D eigenvalue weighted by Crippen LogP contribution is -2.62. The fraction of sp³-hybridized carbons (Fsp3) is 0.375. The molecule has 1 unspecified atom stereocenters. The zero-order chi connectivity index (χ0) is 37.7. The van der Waals surface area contributed by atoms with Crippen molar-refractivity contribution in [1.82, 2.24) is 16.0 Å². The minimum absolute atomic E-state index is 0. The van der Waals surface area contributed by atoms with Crippen LogP contribution in [0.4, 0.5) is 4.79 Å². The van der Waals surface area contributed by atoms with E-state index >= 15 is 0 Å². The summed E-state index contributed by atoms with van der Waals surface area (Å²) in [6.07, 6.45) is -2.02. The maximum Gasteiger partial charge on any atom is 0.408 e. The number of aliphatic hydroxyl groups is 1. The summed E-state index contributed by atoms with van der Waals surface area (Å²) in [4.78, 5) is 68.2. The van der Waals surface area contributed by atoms with Crippen molar-refractivity contribution in [2.24, 2.45) is 17.8 Å². The number of nitrogens with one attached hydrogen (secondary N) is 3. The first-order chi connectivity index (χ1) is 24.8. The summed E-state index contributed by atoms with van der Waals surface area (Å²) in [7, 11) is 0. The molecule has 0 heterocycles. The second kappa shape index (κ2) is 15.4. The summed E-state index contributed by atoms with van der Waals surface area (Å²) >= 11 is 0. The molecule has 2 aliphatic carbocycles. The molecule has 12 nitrogen and oxygen atoms in total. The highest BCUT2D eigenvalue weighted by molar-refractivity contribution is 5.97. The van der Waals surface area contributed by atoms with Gasteiger partial charge < -0.3 is 35.3 Å². The Hall–Kier alpha value is -5.49. The zero-order valence-corrected chi connectivity index (χ0v) is 29.7. The topological polar surface area (TPSA) is 169 Å². The summed E-state index contributed by atoms with van der Waals surface area (Å²) < 4.78 is 15.8. The lowest BCUT2D eigenvalue weighted by Gasteiger charge is -2.37. The van der Waals surface area contributed by atoms with Crippen LogP contribution in [0.1, 0.15) is 58.7 Å². The van der Waals surface area contributed by atoms with E-state index in [1.807, 2.05) is 91.0 Å². The smallest absolute Gasteiger partial charge is 0.408 e. The van der Waals surface area contributed by atoms with Gasteiger partial charge in [-0.1, -0.05) is 97.6 Å². The highest BCUT2D eigenvalue weighted by atomic mass is 16.6. The van der Waals surface area contributed by atoms with Crippen molar-refractivity contribution < 1.29 is 44.7 Å². The Balaban J connectivity index is 0.00000627. The monoisotopic (exact) mass is 713 g/mol. The summed E-state index contributed by atoms with van der Waals surface area (Å²) in [5, 5.41) is 19.3. The predicted molar refractivity (Wildman–Crippen MR) is 192 cm³/mol. The van der Waals surface area contributed by atoms with Gasteiger partial charge in [-0.2, -0.15) is 0 Å². The van der Waals surface area contributed by atoms with E-state index in [1.54, 1.807) is 27.7 Å². The third-order valence-electron chi connectivity index (χ3n) is 9.42. The van der Waals surface area contributed by atoms with Gasteiger partial charge in [-0.25, -0.2) is 9.59 Å². The molecule has 2 aliphatic rings. The van der Waals surface area contributed by atoms with Crippen LogP contribution in [0.15, 0.2) is 104 Å². The summed E-state index contributed by atoms with van der Waals surface area (Å²) in [6.45, 7) is 9.88. The number of carbonyl (C=O) groups excluding carboxylic acids is 5. The summed E-state index contributed by atoms with van der Waals surface area (Å²) in [5.41, 5.74) is -1.82. The van der Waals surface area contributed by atoms with Gasteiger partial charge in [-0.15, -0.1) is 0 Å². The number of rotatable bonds is 13. The number of fused-ring (bicyclic) bond motifs is 1. The van der Waals surface area contributed by atoms with Crippen molar-refractivity contribution >= 4 is 29.8 Å². The second-order valence-electron chi connectivity index (χ2n) is 14.0. The molecular formula is C40H47N3O9. The predicted octanol–water partition coefficient (Wildman–Crippen LogP) is 4.36. The Labute approximate surface area is 304 Å². The Morgan fingerprint density at radius 2 is 1.44 bits per heavy atom. The van der Waals surface area contributed by atoms with Crippen molar-refractivity contribution in [3.8, 4) is 0 Å². The first kappa shape index (κ1) is 37.8. The molecule has 0 aromatic heterocycles. The van der Waals surface area contributed by atoms with Crippen molar-refractivity contribution in [2.45, 2.75) is 69.4 Å². The van der Waals surface area contributed by atoms with Crippen LogP contribution < -0.4 is 16.0 Å². The van der Waals surface area contributed by atoms with Crippen LogP contribution in [0.2, 0.25) is 0 Å². The molecule has 0 bridgehead atoms. The lowest BCUT2D eigenvalue weighted by atomic mass is 9.77. The molecule has 276 valence electrons. The quantitative estimate of drug-likeness (QED) is 0.0871. The molecule has 5 rings (SSSR count). The van der Waals surface area contributed by atoms with Gasteiger partial charge in [0, 0.05) is 19.7 Å². The maximum absolute atomic E-state index is 14.4. The van der Waals surface area contributed by atoms with Crippen molar-refractivity contribution in [3.63, 3.8) is 0 Å². The van der Waals surface area contributed by atoms with Crippen LogP contribution in [0.3, 0.4) is 0 Å². The fourth-order valence-electron chi connectivity index (χ4n) is 7.37. The first-order valence-electron chi connectivity index (χ1n) is 17.2. The molecule has 0 radical (unpaired) electrons. The number of benzene rings is 3. The lowest BCUT2D eigenvalue weighted by molar-refractivity contribution is -0.156. The molecule has 3 aromatic rings. The van der Waals surface area contributed by atoms with Gasteiger partial charge in [0.25, 0.3) is 0 Å². The number of hydrogen-bond donors (Lipinski definition) is 4. The van der Waals surface area contributed by atoms with Crippen molar-refractivity contribution in [2.75, 3.05) is 6.61 Å². The average molecular weight is 714 g/mol. The Morgan fingerprint density at radius 3 is 1.90 bits per heavy atom. The number of aliphatic hydroxyl groups excluding tert-OH is 1. The van der Waals surface area contributed by atoms with Crippen LogP contribution in [0.5, 0.6) is 0 Å². The number of esters is 2. The second-order valence-corrected chi connectivity index (χ2v) is 14.0. The first-order valence-corrected chi connectivity index (χ1v) is 17.2. The molecular weight excluding hydrogens is 666 g/mol. The maximum atomic E-state index is 14.4. The van der Waals surface area contributed by atoms with Crippen LogP contribution in [0.25, 0.3) is 0 Å². The summed E-state index contributed by atoms with van der Waals surface area (Å²) in [6, 6.07) is 26.5. The summed E-state index contributed by atoms with van der Waals surface area (Å²) in [5.74, 6) is -5.60. The van der Waals surface area contributed by atoms with E-state index in [2.05, 4.69) is 22.5 Å². The van der Waals surface area contributed by atoms with Gasteiger partial charge in [0.05, 0.1) is 31.3 Å². The molecule has 52 heavy (non-hydrogen) atoms. The van der Waals surface area contributed by atoms with Gasteiger partial charge >= 0.3 is 18.0 Å². The molecule has 4 N–H and O–H groups in total. The van der Waals surface area contributed by atoms with Crippen molar-refractivity contribution in [3.05, 3.63) is 121 Å². The number of carbonyl (C=O) groups is 5. The van der Waals surface area contributed by atoms with Gasteiger partial charge in [0.2, 0.25) is 11.8 Å². The highest BCUT2D eigenvalue weighted by Crippen LogP contribution is 2.63. The van der Waals surface area contributed by atoms with E-state index in [0.29, 0.717) is 0 Å². The van der Waals surface area contributed by atoms with Crippen LogP contribution in [0, 0.1) is 17.8 Å². The van der Waals surface area contributed by atoms with E-state index in [4.69, 9.17) is 14.2 Å². The van der Waals surface area contributed by atoms with Gasteiger partial charge in [0.15, 0.2) is 0 Å². The van der Waals surface area contributed by atoms with E-state index < -0.39 is 82.8 Å². The van der Waals surface area contributed by atoms with E-state index in [9.17, 15) is 29.1 Å². The Bertz CT molecular complexity index is 1690. The molecule has 0 aliphatic heterocycles. The largest absolute Gasteiger partial charge is 0.464 e. The number of alkyl carbamates (subject to hydrolysis) is 1. The van der Waals surface area contributed by atoms with Crippen LogP contribution in [-0.4, -0.2) is 64.8 Å². The molecule has 0 spiro atoms. The zero-order valence-electron chi connectivity index (χ0n) is 29.7. The minimum Gasteiger partial charge on any atom is -0.464 e. The fourth-order valence-corrected chi connectivity index (χ4v) is 7.37. The van der Waals surface area contributed by atoms with Gasteiger partial charge in [-0.05, 0) is 44.4 Å².